The Morgan fingerprint density at radius 1 is 0.912 bits per heavy atom. The Hall–Kier alpha value is -3.36. The van der Waals surface area contributed by atoms with Crippen LogP contribution in [0.1, 0.15) is 53.8 Å². The van der Waals surface area contributed by atoms with Crippen molar-refractivity contribution in [1.82, 2.24) is 9.97 Å². The van der Waals surface area contributed by atoms with Gasteiger partial charge < -0.3 is 5.32 Å². The summed E-state index contributed by atoms with van der Waals surface area (Å²) in [4.78, 5) is 8.44. The van der Waals surface area contributed by atoms with Crippen molar-refractivity contribution in [2.45, 2.75) is 46.0 Å². The standard InChI is InChI=1S/C25H23F6N3/c1-4-6-21(17-9-7-16(5-2)8-10-17)22-14-32-23(33-15(22)3)34-20-12-18(24(26,27)28)11-19(13-20)25(29,30)31/h6-14H,4-5H2,1-3H3,(H,32,33,34)/b21-6-. The van der Waals surface area contributed by atoms with E-state index in [0.29, 0.717) is 17.8 Å². The van der Waals surface area contributed by atoms with E-state index in [1.165, 1.54) is 11.8 Å². The van der Waals surface area contributed by atoms with E-state index in [2.05, 4.69) is 22.2 Å². The molecule has 0 saturated heterocycles. The van der Waals surface area contributed by atoms with Gasteiger partial charge in [-0.1, -0.05) is 44.2 Å². The first-order valence-corrected chi connectivity index (χ1v) is 10.6. The SMILES string of the molecule is CC/C=C(/c1ccc(CC)cc1)c1cnc(Nc2cc(C(F)(F)F)cc(C(F)(F)F)c2)nc1C. The van der Waals surface area contributed by atoms with E-state index in [1.54, 1.807) is 6.92 Å². The topological polar surface area (TPSA) is 37.8 Å². The van der Waals surface area contributed by atoms with Crippen LogP contribution >= 0.6 is 0 Å². The fraction of sp³-hybridized carbons (Fsp3) is 0.280. The van der Waals surface area contributed by atoms with E-state index in [9.17, 15) is 26.3 Å². The van der Waals surface area contributed by atoms with Gasteiger partial charge in [0.15, 0.2) is 0 Å². The number of alkyl halides is 6. The first kappa shape index (κ1) is 25.3. The Kier molecular flexibility index (Phi) is 7.33. The van der Waals surface area contributed by atoms with Crippen molar-refractivity contribution in [3.63, 3.8) is 0 Å². The molecule has 3 nitrogen and oxygen atoms in total. The quantitative estimate of drug-likeness (QED) is 0.364. The molecule has 0 saturated carbocycles. The van der Waals surface area contributed by atoms with Crippen molar-refractivity contribution in [3.8, 4) is 0 Å². The molecule has 0 aliphatic carbocycles. The number of aryl methyl sites for hydroxylation is 2. The Morgan fingerprint density at radius 2 is 1.50 bits per heavy atom. The maximum Gasteiger partial charge on any atom is 0.416 e. The first-order valence-electron chi connectivity index (χ1n) is 10.6. The largest absolute Gasteiger partial charge is 0.416 e. The van der Waals surface area contributed by atoms with Crippen LogP contribution in [-0.4, -0.2) is 9.97 Å². The van der Waals surface area contributed by atoms with Gasteiger partial charge in [-0.25, -0.2) is 9.97 Å². The monoisotopic (exact) mass is 479 g/mol. The van der Waals surface area contributed by atoms with Gasteiger partial charge >= 0.3 is 12.4 Å². The van der Waals surface area contributed by atoms with Gasteiger partial charge in [-0.2, -0.15) is 26.3 Å². The van der Waals surface area contributed by atoms with E-state index in [-0.39, 0.29) is 12.0 Å². The van der Waals surface area contributed by atoms with Crippen molar-refractivity contribution in [2.24, 2.45) is 0 Å². The number of rotatable bonds is 6. The molecule has 0 aliphatic heterocycles. The number of nitrogens with zero attached hydrogens (tertiary/aromatic N) is 2. The number of aromatic nitrogens is 2. The van der Waals surface area contributed by atoms with Gasteiger partial charge in [-0.3, -0.25) is 0 Å². The molecule has 0 fully saturated rings. The number of allylic oxidation sites excluding steroid dienone is 1. The summed E-state index contributed by atoms with van der Waals surface area (Å²) in [6.07, 6.45) is -4.70. The zero-order valence-corrected chi connectivity index (χ0v) is 18.8. The van der Waals surface area contributed by atoms with Gasteiger partial charge in [-0.05, 0) is 54.7 Å². The smallest absolute Gasteiger partial charge is 0.324 e. The Bertz CT molecular complexity index is 1150. The van der Waals surface area contributed by atoms with Crippen LogP contribution < -0.4 is 5.32 Å². The summed E-state index contributed by atoms with van der Waals surface area (Å²) >= 11 is 0. The van der Waals surface area contributed by atoms with E-state index in [4.69, 9.17) is 0 Å². The summed E-state index contributed by atoms with van der Waals surface area (Å²) in [6.45, 7) is 5.75. The Labute approximate surface area is 193 Å². The fourth-order valence-electron chi connectivity index (χ4n) is 3.46. The van der Waals surface area contributed by atoms with Crippen molar-refractivity contribution < 1.29 is 26.3 Å². The third-order valence-electron chi connectivity index (χ3n) is 5.19. The number of benzene rings is 2. The maximum atomic E-state index is 13.1. The van der Waals surface area contributed by atoms with Gasteiger partial charge in [0.1, 0.15) is 0 Å². The Morgan fingerprint density at radius 3 is 1.97 bits per heavy atom. The maximum absolute atomic E-state index is 13.1. The van der Waals surface area contributed by atoms with Crippen LogP contribution in [0.4, 0.5) is 38.0 Å². The molecule has 1 N–H and O–H groups in total. The second kappa shape index (κ2) is 9.87. The molecule has 1 aromatic heterocycles. The molecule has 0 amide bonds. The van der Waals surface area contributed by atoms with E-state index < -0.39 is 29.2 Å². The molecule has 0 bridgehead atoms. The Balaban J connectivity index is 1.96. The number of nitrogens with one attached hydrogen (secondary N) is 1. The zero-order chi connectivity index (χ0) is 25.1. The van der Waals surface area contributed by atoms with Crippen LogP contribution in [-0.2, 0) is 18.8 Å². The van der Waals surface area contributed by atoms with Crippen LogP contribution in [0.25, 0.3) is 5.57 Å². The highest BCUT2D eigenvalue weighted by atomic mass is 19.4. The van der Waals surface area contributed by atoms with Crippen molar-refractivity contribution in [3.05, 3.63) is 88.2 Å². The average Bonchev–Trinajstić information content (AvgIpc) is 2.77. The zero-order valence-electron chi connectivity index (χ0n) is 18.8. The molecule has 180 valence electrons. The minimum Gasteiger partial charge on any atom is -0.324 e. The predicted octanol–water partition coefficient (Wildman–Crippen LogP) is 7.97. The molecule has 1 heterocycles. The fourth-order valence-corrected chi connectivity index (χ4v) is 3.46. The van der Waals surface area contributed by atoms with Gasteiger partial charge in [0.25, 0.3) is 0 Å². The van der Waals surface area contributed by atoms with Gasteiger partial charge in [-0.15, -0.1) is 0 Å². The molecule has 3 rings (SSSR count). The van der Waals surface area contributed by atoms with Crippen LogP contribution in [0.2, 0.25) is 0 Å². The summed E-state index contributed by atoms with van der Waals surface area (Å²) in [5, 5.41) is 2.48. The molecule has 34 heavy (non-hydrogen) atoms. The molecule has 9 heteroatoms. The second-order valence-corrected chi connectivity index (χ2v) is 7.69. The molecule has 0 unspecified atom stereocenters. The molecule has 0 radical (unpaired) electrons. The van der Waals surface area contributed by atoms with Crippen LogP contribution in [0.5, 0.6) is 0 Å². The highest BCUT2D eigenvalue weighted by molar-refractivity contribution is 5.80. The molecule has 0 aliphatic rings. The summed E-state index contributed by atoms with van der Waals surface area (Å²) in [6, 6.07) is 9.30. The summed E-state index contributed by atoms with van der Waals surface area (Å²) in [5.41, 5.74) is 1.05. The van der Waals surface area contributed by atoms with E-state index in [1.807, 2.05) is 37.3 Å². The van der Waals surface area contributed by atoms with Crippen molar-refractivity contribution in [2.75, 3.05) is 5.32 Å². The summed E-state index contributed by atoms with van der Waals surface area (Å²) in [7, 11) is 0. The number of halogens is 6. The lowest BCUT2D eigenvalue weighted by Crippen LogP contribution is -2.12. The molecule has 0 atom stereocenters. The number of hydrogen-bond acceptors (Lipinski definition) is 3. The lowest BCUT2D eigenvalue weighted by molar-refractivity contribution is -0.143. The van der Waals surface area contributed by atoms with E-state index >= 15 is 0 Å². The highest BCUT2D eigenvalue weighted by Crippen LogP contribution is 2.38. The second-order valence-electron chi connectivity index (χ2n) is 7.69. The summed E-state index contributed by atoms with van der Waals surface area (Å²) < 4.78 is 78.8. The van der Waals surface area contributed by atoms with Crippen molar-refractivity contribution in [1.29, 1.82) is 0 Å². The average molecular weight is 479 g/mol. The molecule has 0 spiro atoms. The molecule has 2 aromatic carbocycles. The van der Waals surface area contributed by atoms with Crippen molar-refractivity contribution >= 4 is 17.2 Å². The third-order valence-corrected chi connectivity index (χ3v) is 5.19. The van der Waals surface area contributed by atoms with Crippen LogP contribution in [0, 0.1) is 6.92 Å². The lowest BCUT2D eigenvalue weighted by Gasteiger charge is -2.16. The first-order chi connectivity index (χ1) is 15.9. The molecular formula is C25H23F6N3. The van der Waals surface area contributed by atoms with Gasteiger partial charge in [0.05, 0.1) is 16.8 Å². The van der Waals surface area contributed by atoms with Gasteiger partial charge in [0, 0.05) is 17.4 Å². The highest BCUT2D eigenvalue weighted by Gasteiger charge is 2.37. The summed E-state index contributed by atoms with van der Waals surface area (Å²) in [5.74, 6) is -0.106. The van der Waals surface area contributed by atoms with Crippen LogP contribution in [0.3, 0.4) is 0 Å². The van der Waals surface area contributed by atoms with E-state index in [0.717, 1.165) is 29.5 Å². The van der Waals surface area contributed by atoms with Crippen LogP contribution in [0.15, 0.2) is 54.7 Å². The normalized spacial score (nSPS) is 12.7. The molecular weight excluding hydrogens is 456 g/mol. The lowest BCUT2D eigenvalue weighted by atomic mass is 9.96. The predicted molar refractivity (Wildman–Crippen MR) is 120 cm³/mol. The number of anilines is 2. The minimum absolute atomic E-state index is 0.0754. The number of hydrogen-bond donors (Lipinski definition) is 1. The third kappa shape index (κ3) is 5.95. The minimum atomic E-state index is -4.94. The van der Waals surface area contributed by atoms with Gasteiger partial charge in [0.2, 0.25) is 5.95 Å². The molecule has 3 aromatic rings.